The highest BCUT2D eigenvalue weighted by Gasteiger charge is 2.55. The van der Waals surface area contributed by atoms with Crippen LogP contribution in [0.4, 0.5) is 9.80 Å². The minimum atomic E-state index is -0.864. The topological polar surface area (TPSA) is 107 Å². The Balaban J connectivity index is 1.28. The highest BCUT2D eigenvalue weighted by Crippen LogP contribution is 2.44. The molecule has 0 bridgehead atoms. The van der Waals surface area contributed by atoms with Crippen LogP contribution >= 0.6 is 11.3 Å². The molecule has 4 amide bonds. The van der Waals surface area contributed by atoms with Gasteiger partial charge in [0.2, 0.25) is 5.91 Å². The van der Waals surface area contributed by atoms with Gasteiger partial charge in [-0.1, -0.05) is 31.9 Å². The number of carbonyl (C=O) groups is 3. The minimum Gasteiger partial charge on any atom is -0.338 e. The summed E-state index contributed by atoms with van der Waals surface area (Å²) < 4.78 is 0. The van der Waals surface area contributed by atoms with Crippen molar-refractivity contribution in [3.63, 3.8) is 0 Å². The molecule has 1 aromatic carbocycles. The van der Waals surface area contributed by atoms with Gasteiger partial charge in [-0.2, -0.15) is 0 Å². The Bertz CT molecular complexity index is 1310. The summed E-state index contributed by atoms with van der Waals surface area (Å²) in [6, 6.07) is 7.40. The molecule has 3 heterocycles. The smallest absolute Gasteiger partial charge is 0.325 e. The fourth-order valence-corrected chi connectivity index (χ4v) is 7.23. The third kappa shape index (κ3) is 3.64. The van der Waals surface area contributed by atoms with Gasteiger partial charge in [0, 0.05) is 4.88 Å². The number of imide groups is 1. The third-order valence-corrected chi connectivity index (χ3v) is 9.06. The van der Waals surface area contributed by atoms with Crippen LogP contribution in [0.15, 0.2) is 24.3 Å². The number of fused-ring (bicyclic) bond motifs is 2. The normalized spacial score (nSPS) is 24.1. The quantitative estimate of drug-likeness (QED) is 0.463. The maximum atomic E-state index is 13.3. The van der Waals surface area contributed by atoms with E-state index in [2.05, 4.69) is 15.6 Å². The predicted molar refractivity (Wildman–Crippen MR) is 135 cm³/mol. The largest absolute Gasteiger partial charge is 0.338 e. The number of carbonyl (C=O) groups excluding carboxylic acids is 3. The number of H-pyrrole nitrogens is 1. The van der Waals surface area contributed by atoms with Crippen molar-refractivity contribution in [1.82, 2.24) is 20.2 Å². The molecular formula is C26H29N5O3S. The van der Waals surface area contributed by atoms with Gasteiger partial charge >= 0.3 is 6.03 Å². The number of benzene rings is 1. The van der Waals surface area contributed by atoms with Crippen molar-refractivity contribution < 1.29 is 14.4 Å². The second kappa shape index (κ2) is 8.48. The molecule has 2 aliphatic carbocycles. The Labute approximate surface area is 207 Å². The number of thiophene rings is 1. The average Bonchev–Trinajstić information content (AvgIpc) is 3.49. The zero-order valence-corrected chi connectivity index (χ0v) is 20.6. The van der Waals surface area contributed by atoms with Crippen LogP contribution in [0.5, 0.6) is 0 Å². The highest BCUT2D eigenvalue weighted by atomic mass is 32.1. The lowest BCUT2D eigenvalue weighted by molar-refractivity contribution is -0.136. The standard InChI is InChI=1S/C26H29N5O3S/c1-15-8-6-7-13-26(15)24(33)31(25(34)30-26)14-20(32)29-23-21(16-9-2-5-12-19(16)35-23)22-27-17-10-3-4-11-18(17)28-22/h3-4,10-11,15H,2,5-9,12-14H2,1H3,(H,27,28)(H,29,32)(H,30,34). The molecule has 2 fully saturated rings. The predicted octanol–water partition coefficient (Wildman–Crippen LogP) is 4.61. The van der Waals surface area contributed by atoms with Crippen LogP contribution in [0, 0.1) is 5.92 Å². The Morgan fingerprint density at radius 1 is 1.20 bits per heavy atom. The lowest BCUT2D eigenvalue weighted by Gasteiger charge is -2.36. The maximum absolute atomic E-state index is 13.3. The van der Waals surface area contributed by atoms with Crippen LogP contribution < -0.4 is 10.6 Å². The summed E-state index contributed by atoms with van der Waals surface area (Å²) in [5.74, 6) is 0.160. The van der Waals surface area contributed by atoms with Gasteiger partial charge in [0.1, 0.15) is 22.9 Å². The Morgan fingerprint density at radius 3 is 2.86 bits per heavy atom. The van der Waals surface area contributed by atoms with E-state index in [1.54, 1.807) is 11.3 Å². The number of urea groups is 1. The number of aryl methyl sites for hydroxylation is 1. The summed E-state index contributed by atoms with van der Waals surface area (Å²) in [7, 11) is 0. The van der Waals surface area contributed by atoms with E-state index in [-0.39, 0.29) is 24.3 Å². The van der Waals surface area contributed by atoms with Crippen molar-refractivity contribution in [3.05, 3.63) is 34.7 Å². The second-order valence-electron chi connectivity index (χ2n) is 10.0. The van der Waals surface area contributed by atoms with Crippen molar-refractivity contribution in [2.75, 3.05) is 11.9 Å². The number of anilines is 1. The summed E-state index contributed by atoms with van der Waals surface area (Å²) in [5, 5.41) is 6.68. The molecule has 182 valence electrons. The van der Waals surface area contributed by atoms with E-state index in [9.17, 15) is 14.4 Å². The number of aromatic amines is 1. The Hall–Kier alpha value is -3.20. The molecule has 3 aromatic rings. The van der Waals surface area contributed by atoms with Gasteiger partial charge in [-0.15, -0.1) is 11.3 Å². The number of hydrogen-bond acceptors (Lipinski definition) is 5. The van der Waals surface area contributed by atoms with Crippen molar-refractivity contribution >= 4 is 45.2 Å². The maximum Gasteiger partial charge on any atom is 0.325 e. The van der Waals surface area contributed by atoms with E-state index in [0.717, 1.165) is 77.3 Å². The van der Waals surface area contributed by atoms with Gasteiger partial charge in [0.25, 0.3) is 5.91 Å². The first kappa shape index (κ1) is 22.3. The van der Waals surface area contributed by atoms with E-state index >= 15 is 0 Å². The molecule has 35 heavy (non-hydrogen) atoms. The summed E-state index contributed by atoms with van der Waals surface area (Å²) in [6.45, 7) is 1.72. The van der Waals surface area contributed by atoms with E-state index in [1.165, 1.54) is 10.4 Å². The molecule has 2 aromatic heterocycles. The van der Waals surface area contributed by atoms with E-state index in [0.29, 0.717) is 6.42 Å². The van der Waals surface area contributed by atoms with Gasteiger partial charge in [-0.05, 0) is 62.1 Å². The van der Waals surface area contributed by atoms with Gasteiger partial charge in [0.15, 0.2) is 0 Å². The molecule has 1 spiro atoms. The van der Waals surface area contributed by atoms with E-state index < -0.39 is 11.6 Å². The number of nitrogens with one attached hydrogen (secondary N) is 3. The second-order valence-corrected chi connectivity index (χ2v) is 11.1. The highest BCUT2D eigenvalue weighted by molar-refractivity contribution is 7.17. The minimum absolute atomic E-state index is 0.0597. The first-order valence-corrected chi connectivity index (χ1v) is 13.3. The fourth-order valence-electron chi connectivity index (χ4n) is 5.92. The van der Waals surface area contributed by atoms with Crippen LogP contribution in [0.1, 0.15) is 55.9 Å². The first-order valence-electron chi connectivity index (χ1n) is 12.5. The SMILES string of the molecule is CC1CCCCC12NC(=O)N(CC(=O)Nc1sc3c(c1-c1nc4ccccc4[nH]1)CCCC3)C2=O. The van der Waals surface area contributed by atoms with Crippen LogP contribution in [0.3, 0.4) is 0 Å². The number of imidazole rings is 1. The van der Waals surface area contributed by atoms with Gasteiger partial charge in [-0.25, -0.2) is 9.78 Å². The lowest BCUT2D eigenvalue weighted by atomic mass is 9.73. The zero-order chi connectivity index (χ0) is 24.2. The number of para-hydroxylation sites is 2. The molecule has 8 nitrogen and oxygen atoms in total. The molecular weight excluding hydrogens is 462 g/mol. The number of amides is 4. The van der Waals surface area contributed by atoms with Crippen LogP contribution in [0.25, 0.3) is 22.4 Å². The van der Waals surface area contributed by atoms with Crippen LogP contribution in [-0.2, 0) is 22.4 Å². The molecule has 2 atom stereocenters. The third-order valence-electron chi connectivity index (χ3n) is 7.85. The molecule has 3 aliphatic rings. The van der Waals surface area contributed by atoms with E-state index in [1.807, 2.05) is 31.2 Å². The molecule has 6 rings (SSSR count). The molecule has 2 unspecified atom stereocenters. The van der Waals surface area contributed by atoms with Gasteiger partial charge in [0.05, 0.1) is 16.6 Å². The van der Waals surface area contributed by atoms with Crippen molar-refractivity contribution in [3.8, 4) is 11.4 Å². The number of hydrogen-bond donors (Lipinski definition) is 3. The average molecular weight is 492 g/mol. The molecule has 1 aliphatic heterocycles. The van der Waals surface area contributed by atoms with Gasteiger partial charge in [-0.3, -0.25) is 14.5 Å². The number of aromatic nitrogens is 2. The number of nitrogens with zero attached hydrogens (tertiary/aromatic N) is 2. The van der Waals surface area contributed by atoms with Crippen molar-refractivity contribution in [2.45, 2.75) is 63.8 Å². The summed E-state index contributed by atoms with van der Waals surface area (Å²) in [6.07, 6.45) is 7.64. The lowest BCUT2D eigenvalue weighted by Crippen LogP contribution is -2.54. The monoisotopic (exact) mass is 491 g/mol. The molecule has 1 saturated heterocycles. The Morgan fingerprint density at radius 2 is 2.03 bits per heavy atom. The molecule has 9 heteroatoms. The van der Waals surface area contributed by atoms with Crippen LogP contribution in [-0.4, -0.2) is 44.8 Å². The first-order chi connectivity index (χ1) is 17.0. The van der Waals surface area contributed by atoms with Gasteiger partial charge < -0.3 is 15.6 Å². The summed E-state index contributed by atoms with van der Waals surface area (Å²) in [5.41, 5.74) is 3.13. The van der Waals surface area contributed by atoms with E-state index in [4.69, 9.17) is 4.98 Å². The van der Waals surface area contributed by atoms with Crippen molar-refractivity contribution in [2.24, 2.45) is 5.92 Å². The fraction of sp³-hybridized carbons (Fsp3) is 0.462. The Kier molecular flexibility index (Phi) is 5.40. The number of rotatable bonds is 4. The zero-order valence-electron chi connectivity index (χ0n) is 19.8. The summed E-state index contributed by atoms with van der Waals surface area (Å²) in [4.78, 5) is 49.8. The molecule has 0 radical (unpaired) electrons. The molecule has 1 saturated carbocycles. The van der Waals surface area contributed by atoms with Crippen molar-refractivity contribution in [1.29, 1.82) is 0 Å². The van der Waals surface area contributed by atoms with Crippen LogP contribution in [0.2, 0.25) is 0 Å². The molecule has 3 N–H and O–H groups in total. The summed E-state index contributed by atoms with van der Waals surface area (Å²) >= 11 is 1.58.